The predicted octanol–water partition coefficient (Wildman–Crippen LogP) is 3.58. The highest BCUT2D eigenvalue weighted by Gasteiger charge is 2.20. The summed E-state index contributed by atoms with van der Waals surface area (Å²) in [5, 5.41) is 9.78. The smallest absolute Gasteiger partial charge is 0.335 e. The first kappa shape index (κ1) is 14.4. The molecule has 1 fully saturated rings. The monoisotopic (exact) mass is 304 g/mol. The molecule has 21 heavy (non-hydrogen) atoms. The van der Waals surface area contributed by atoms with Gasteiger partial charge in [0.1, 0.15) is 5.82 Å². The van der Waals surface area contributed by atoms with Crippen molar-refractivity contribution in [2.24, 2.45) is 0 Å². The van der Waals surface area contributed by atoms with Crippen LogP contribution < -0.4 is 0 Å². The molecule has 112 valence electrons. The van der Waals surface area contributed by atoms with Crippen LogP contribution in [-0.2, 0) is 13.0 Å². The van der Waals surface area contributed by atoms with E-state index in [0.717, 1.165) is 36.2 Å². The van der Waals surface area contributed by atoms with Crippen LogP contribution in [0.4, 0.5) is 0 Å². The zero-order valence-electron chi connectivity index (χ0n) is 12.2. The number of benzene rings is 1. The van der Waals surface area contributed by atoms with Gasteiger partial charge in [-0.15, -0.1) is 0 Å². The molecule has 1 unspecified atom stereocenters. The molecule has 0 aliphatic carbocycles. The zero-order valence-corrected chi connectivity index (χ0v) is 13.0. The van der Waals surface area contributed by atoms with Crippen LogP contribution in [0, 0.1) is 0 Å². The Morgan fingerprint density at radius 2 is 2.38 bits per heavy atom. The van der Waals surface area contributed by atoms with Crippen molar-refractivity contribution in [2.45, 2.75) is 44.4 Å². The summed E-state index contributed by atoms with van der Waals surface area (Å²) in [7, 11) is 0. The normalized spacial score (nSPS) is 18.4. The Kier molecular flexibility index (Phi) is 4.19. The number of aryl methyl sites for hydroxylation is 1. The van der Waals surface area contributed by atoms with Crippen molar-refractivity contribution in [3.63, 3.8) is 0 Å². The lowest BCUT2D eigenvalue weighted by Gasteiger charge is -2.13. The van der Waals surface area contributed by atoms with E-state index in [1.807, 2.05) is 17.8 Å². The molecule has 0 spiro atoms. The van der Waals surface area contributed by atoms with Gasteiger partial charge in [0.25, 0.3) is 0 Å². The molecule has 0 radical (unpaired) electrons. The summed E-state index contributed by atoms with van der Waals surface area (Å²) in [5.41, 5.74) is 2.18. The Bertz CT molecular complexity index is 660. The van der Waals surface area contributed by atoms with Gasteiger partial charge in [0.05, 0.1) is 16.6 Å². The minimum Gasteiger partial charge on any atom is -0.478 e. The Morgan fingerprint density at radius 3 is 3.05 bits per heavy atom. The third kappa shape index (κ3) is 2.93. The summed E-state index contributed by atoms with van der Waals surface area (Å²) in [6.07, 6.45) is 4.55. The number of rotatable bonds is 5. The van der Waals surface area contributed by atoms with Gasteiger partial charge in [0.2, 0.25) is 0 Å². The summed E-state index contributed by atoms with van der Waals surface area (Å²) >= 11 is 2.04. The van der Waals surface area contributed by atoms with Crippen molar-refractivity contribution >= 4 is 28.8 Å². The van der Waals surface area contributed by atoms with Crippen LogP contribution in [0.2, 0.25) is 0 Å². The second-order valence-electron chi connectivity index (χ2n) is 5.53. The molecule has 4 nitrogen and oxygen atoms in total. The van der Waals surface area contributed by atoms with Crippen molar-refractivity contribution in [2.75, 3.05) is 5.75 Å². The van der Waals surface area contributed by atoms with Crippen molar-refractivity contribution in [3.8, 4) is 0 Å². The molecule has 1 aromatic heterocycles. The summed E-state index contributed by atoms with van der Waals surface area (Å²) in [5.74, 6) is 1.45. The molecule has 1 aliphatic rings. The van der Waals surface area contributed by atoms with E-state index >= 15 is 0 Å². The lowest BCUT2D eigenvalue weighted by atomic mass is 10.2. The number of fused-ring (bicyclic) bond motifs is 1. The maximum absolute atomic E-state index is 11.1. The average Bonchev–Trinajstić information content (AvgIpc) is 3.08. The van der Waals surface area contributed by atoms with Crippen LogP contribution in [0.3, 0.4) is 0 Å². The molecule has 2 heterocycles. The number of aromatic nitrogens is 2. The maximum atomic E-state index is 11.1. The molecule has 1 N–H and O–H groups in total. The molecule has 0 amide bonds. The van der Waals surface area contributed by atoms with E-state index in [1.54, 1.807) is 12.1 Å². The SMILES string of the molecule is CCCc1nc2cc(C(=O)O)ccc2n1CC1CCCS1. The van der Waals surface area contributed by atoms with Gasteiger partial charge >= 0.3 is 5.97 Å². The number of hydrogen-bond donors (Lipinski definition) is 1. The molecule has 0 bridgehead atoms. The largest absolute Gasteiger partial charge is 0.478 e. The maximum Gasteiger partial charge on any atom is 0.335 e. The summed E-state index contributed by atoms with van der Waals surface area (Å²) in [6, 6.07) is 5.28. The van der Waals surface area contributed by atoms with E-state index in [9.17, 15) is 4.79 Å². The number of imidazole rings is 1. The number of carboxylic acid groups (broad SMARTS) is 1. The highest BCUT2D eigenvalue weighted by Crippen LogP contribution is 2.29. The molecular formula is C16H20N2O2S. The fraction of sp³-hybridized carbons (Fsp3) is 0.500. The van der Waals surface area contributed by atoms with Crippen LogP contribution in [0.1, 0.15) is 42.4 Å². The molecule has 2 aromatic rings. The van der Waals surface area contributed by atoms with Crippen LogP contribution in [0.5, 0.6) is 0 Å². The van der Waals surface area contributed by atoms with Crippen LogP contribution >= 0.6 is 11.8 Å². The van der Waals surface area contributed by atoms with Gasteiger partial charge in [-0.25, -0.2) is 9.78 Å². The van der Waals surface area contributed by atoms with E-state index in [4.69, 9.17) is 5.11 Å². The van der Waals surface area contributed by atoms with Gasteiger partial charge in [-0.2, -0.15) is 11.8 Å². The molecule has 1 atom stereocenters. The predicted molar refractivity (Wildman–Crippen MR) is 86.2 cm³/mol. The molecule has 1 saturated heterocycles. The number of nitrogens with zero attached hydrogens (tertiary/aromatic N) is 2. The molecule has 1 aliphatic heterocycles. The van der Waals surface area contributed by atoms with Gasteiger partial charge < -0.3 is 9.67 Å². The fourth-order valence-corrected chi connectivity index (χ4v) is 4.18. The van der Waals surface area contributed by atoms with Crippen molar-refractivity contribution < 1.29 is 9.90 Å². The number of carbonyl (C=O) groups is 1. The van der Waals surface area contributed by atoms with Gasteiger partial charge in [-0.1, -0.05) is 6.92 Å². The van der Waals surface area contributed by atoms with E-state index in [-0.39, 0.29) is 0 Å². The molecule has 5 heteroatoms. The third-order valence-corrected chi connectivity index (χ3v) is 5.34. The van der Waals surface area contributed by atoms with Crippen LogP contribution in [0.25, 0.3) is 11.0 Å². The van der Waals surface area contributed by atoms with E-state index in [0.29, 0.717) is 10.8 Å². The Morgan fingerprint density at radius 1 is 1.52 bits per heavy atom. The quantitative estimate of drug-likeness (QED) is 0.917. The minimum absolute atomic E-state index is 0.311. The van der Waals surface area contributed by atoms with E-state index < -0.39 is 5.97 Å². The van der Waals surface area contributed by atoms with Crippen molar-refractivity contribution in [1.29, 1.82) is 0 Å². The average molecular weight is 304 g/mol. The summed E-state index contributed by atoms with van der Waals surface area (Å²) < 4.78 is 2.30. The summed E-state index contributed by atoms with van der Waals surface area (Å²) in [4.78, 5) is 15.8. The van der Waals surface area contributed by atoms with Crippen molar-refractivity contribution in [1.82, 2.24) is 9.55 Å². The summed E-state index contributed by atoms with van der Waals surface area (Å²) in [6.45, 7) is 3.14. The van der Waals surface area contributed by atoms with Gasteiger partial charge in [0.15, 0.2) is 0 Å². The highest BCUT2D eigenvalue weighted by atomic mass is 32.2. The standard InChI is InChI=1S/C16H20N2O2S/c1-2-4-15-17-13-9-11(16(19)20)6-7-14(13)18(15)10-12-5-3-8-21-12/h6-7,9,12H,2-5,8,10H2,1H3,(H,19,20). The molecule has 0 saturated carbocycles. The van der Waals surface area contributed by atoms with E-state index in [2.05, 4.69) is 16.5 Å². The first-order valence-electron chi connectivity index (χ1n) is 7.53. The molecule has 1 aromatic carbocycles. The minimum atomic E-state index is -0.894. The Balaban J connectivity index is 2.01. The first-order chi connectivity index (χ1) is 10.2. The molecule has 3 rings (SSSR count). The third-order valence-electron chi connectivity index (χ3n) is 3.96. The Labute approximate surface area is 128 Å². The lowest BCUT2D eigenvalue weighted by molar-refractivity contribution is 0.0697. The zero-order chi connectivity index (χ0) is 14.8. The van der Waals surface area contributed by atoms with Gasteiger partial charge in [-0.05, 0) is 43.2 Å². The topological polar surface area (TPSA) is 55.1 Å². The van der Waals surface area contributed by atoms with E-state index in [1.165, 1.54) is 18.6 Å². The number of aromatic carboxylic acids is 1. The number of carboxylic acids is 1. The number of thioether (sulfide) groups is 1. The first-order valence-corrected chi connectivity index (χ1v) is 8.58. The molecular weight excluding hydrogens is 284 g/mol. The van der Waals surface area contributed by atoms with Gasteiger partial charge in [-0.3, -0.25) is 0 Å². The number of hydrogen-bond acceptors (Lipinski definition) is 3. The van der Waals surface area contributed by atoms with Crippen LogP contribution in [-0.4, -0.2) is 31.6 Å². The Hall–Kier alpha value is -1.49. The van der Waals surface area contributed by atoms with Gasteiger partial charge in [0, 0.05) is 18.2 Å². The fourth-order valence-electron chi connectivity index (χ4n) is 2.92. The second-order valence-corrected chi connectivity index (χ2v) is 6.94. The lowest BCUT2D eigenvalue weighted by Crippen LogP contribution is -2.12. The van der Waals surface area contributed by atoms with Crippen LogP contribution in [0.15, 0.2) is 18.2 Å². The second kappa shape index (κ2) is 6.10. The van der Waals surface area contributed by atoms with Crippen molar-refractivity contribution in [3.05, 3.63) is 29.6 Å². The highest BCUT2D eigenvalue weighted by molar-refractivity contribution is 8.00.